The molecule has 158 valence electrons. The third-order valence-corrected chi connectivity index (χ3v) is 5.20. The number of hydrogen-bond donors (Lipinski definition) is 1. The second-order valence-electron chi connectivity index (χ2n) is 8.51. The number of hydrogen-bond acceptors (Lipinski definition) is 5. The van der Waals surface area contributed by atoms with E-state index in [0.29, 0.717) is 40.9 Å². The molecule has 0 amide bonds. The first-order valence-electron chi connectivity index (χ1n) is 9.96. The van der Waals surface area contributed by atoms with Gasteiger partial charge >= 0.3 is 0 Å². The predicted molar refractivity (Wildman–Crippen MR) is 110 cm³/mol. The first-order valence-corrected chi connectivity index (χ1v) is 9.96. The SMILES string of the molecule is CC(C)(C)OCC(=O)c1cnc2[nH]nc(N3CCC[C@@H]3c3cc(F)ccc3F)c2c1. The van der Waals surface area contributed by atoms with E-state index in [2.05, 4.69) is 15.2 Å². The number of aromatic nitrogens is 3. The Hall–Kier alpha value is -2.87. The lowest BCUT2D eigenvalue weighted by molar-refractivity contribution is 0.00306. The van der Waals surface area contributed by atoms with Crippen LogP contribution in [0.1, 0.15) is 55.6 Å². The molecule has 0 radical (unpaired) electrons. The fraction of sp³-hybridized carbons (Fsp3) is 0.409. The summed E-state index contributed by atoms with van der Waals surface area (Å²) in [5.74, 6) is -0.518. The Morgan fingerprint density at radius 2 is 2.10 bits per heavy atom. The minimum atomic E-state index is -0.474. The van der Waals surface area contributed by atoms with Crippen LogP contribution in [0.15, 0.2) is 30.5 Å². The van der Waals surface area contributed by atoms with E-state index < -0.39 is 17.2 Å². The second-order valence-corrected chi connectivity index (χ2v) is 8.51. The number of benzene rings is 1. The normalized spacial score (nSPS) is 17.1. The number of carbonyl (C=O) groups is 1. The molecule has 4 rings (SSSR count). The largest absolute Gasteiger partial charge is 0.368 e. The van der Waals surface area contributed by atoms with Gasteiger partial charge in [-0.05, 0) is 57.9 Å². The number of Topliss-reactive ketones (excluding diaryl/α,β-unsaturated/α-hetero) is 1. The molecule has 30 heavy (non-hydrogen) atoms. The Morgan fingerprint density at radius 1 is 1.30 bits per heavy atom. The van der Waals surface area contributed by atoms with E-state index in [0.717, 1.165) is 18.6 Å². The summed E-state index contributed by atoms with van der Waals surface area (Å²) in [5, 5.41) is 7.91. The van der Waals surface area contributed by atoms with Crippen molar-refractivity contribution in [3.05, 3.63) is 53.2 Å². The van der Waals surface area contributed by atoms with Gasteiger partial charge in [0.15, 0.2) is 17.2 Å². The summed E-state index contributed by atoms with van der Waals surface area (Å²) in [6.07, 6.45) is 2.99. The van der Waals surface area contributed by atoms with Gasteiger partial charge < -0.3 is 9.64 Å². The quantitative estimate of drug-likeness (QED) is 0.619. The Bertz CT molecular complexity index is 1090. The van der Waals surface area contributed by atoms with Crippen LogP contribution >= 0.6 is 0 Å². The molecule has 3 aromatic rings. The van der Waals surface area contributed by atoms with Gasteiger partial charge in [0.1, 0.15) is 18.2 Å². The topological polar surface area (TPSA) is 71.1 Å². The van der Waals surface area contributed by atoms with Crippen molar-refractivity contribution < 1.29 is 18.3 Å². The van der Waals surface area contributed by atoms with Gasteiger partial charge in [0.2, 0.25) is 0 Å². The molecule has 1 saturated heterocycles. The number of H-pyrrole nitrogens is 1. The van der Waals surface area contributed by atoms with Gasteiger partial charge in [0, 0.05) is 23.9 Å². The average molecular weight is 414 g/mol. The molecule has 0 spiro atoms. The maximum absolute atomic E-state index is 14.4. The number of carbonyl (C=O) groups excluding carboxylic acids is 1. The molecule has 0 bridgehead atoms. The number of aromatic amines is 1. The number of halogens is 2. The van der Waals surface area contributed by atoms with E-state index in [1.807, 2.05) is 25.7 Å². The summed E-state index contributed by atoms with van der Waals surface area (Å²) in [6.45, 7) is 6.25. The highest BCUT2D eigenvalue weighted by molar-refractivity contribution is 6.01. The summed E-state index contributed by atoms with van der Waals surface area (Å²) in [5.41, 5.74) is 0.833. The Morgan fingerprint density at radius 3 is 2.87 bits per heavy atom. The number of anilines is 1. The summed E-state index contributed by atoms with van der Waals surface area (Å²) in [4.78, 5) is 18.8. The molecule has 8 heteroatoms. The molecule has 1 aliphatic heterocycles. The van der Waals surface area contributed by atoms with Crippen LogP contribution in [0.25, 0.3) is 11.0 Å². The van der Waals surface area contributed by atoms with Gasteiger partial charge in [0.25, 0.3) is 0 Å². The minimum absolute atomic E-state index is 0.0509. The molecule has 6 nitrogen and oxygen atoms in total. The smallest absolute Gasteiger partial charge is 0.190 e. The third-order valence-electron chi connectivity index (χ3n) is 5.20. The fourth-order valence-electron chi connectivity index (χ4n) is 3.74. The molecule has 1 fully saturated rings. The van der Waals surface area contributed by atoms with Gasteiger partial charge in [-0.1, -0.05) is 0 Å². The van der Waals surface area contributed by atoms with Crippen LogP contribution in [0.4, 0.5) is 14.6 Å². The highest BCUT2D eigenvalue weighted by Gasteiger charge is 2.31. The molecule has 0 saturated carbocycles. The molecule has 1 N–H and O–H groups in total. The van der Waals surface area contributed by atoms with Gasteiger partial charge in [0.05, 0.1) is 17.0 Å². The van der Waals surface area contributed by atoms with Crippen molar-refractivity contribution in [3.63, 3.8) is 0 Å². The van der Waals surface area contributed by atoms with Gasteiger partial charge in [-0.3, -0.25) is 9.89 Å². The van der Waals surface area contributed by atoms with E-state index in [1.54, 1.807) is 6.07 Å². The maximum Gasteiger partial charge on any atom is 0.190 e. The number of rotatable bonds is 5. The zero-order valence-corrected chi connectivity index (χ0v) is 17.2. The van der Waals surface area contributed by atoms with Crippen molar-refractivity contribution in [1.82, 2.24) is 15.2 Å². The van der Waals surface area contributed by atoms with E-state index in [1.165, 1.54) is 12.3 Å². The fourth-order valence-corrected chi connectivity index (χ4v) is 3.74. The van der Waals surface area contributed by atoms with Crippen LogP contribution in [0.3, 0.4) is 0 Å². The average Bonchev–Trinajstić information content (AvgIpc) is 3.33. The van der Waals surface area contributed by atoms with Crippen LogP contribution in [0.2, 0.25) is 0 Å². The van der Waals surface area contributed by atoms with Gasteiger partial charge in [-0.25, -0.2) is 13.8 Å². The predicted octanol–water partition coefficient (Wildman–Crippen LogP) is 4.58. The van der Waals surface area contributed by atoms with Gasteiger partial charge in [-0.15, -0.1) is 0 Å². The van der Waals surface area contributed by atoms with E-state index >= 15 is 0 Å². The summed E-state index contributed by atoms with van der Waals surface area (Å²) < 4.78 is 33.7. The van der Waals surface area contributed by atoms with Crippen molar-refractivity contribution in [3.8, 4) is 0 Å². The molecule has 0 unspecified atom stereocenters. The summed E-state index contributed by atoms with van der Waals surface area (Å²) >= 11 is 0. The van der Waals surface area contributed by atoms with E-state index in [4.69, 9.17) is 4.74 Å². The van der Waals surface area contributed by atoms with E-state index in [-0.39, 0.29) is 18.4 Å². The molecule has 1 aliphatic rings. The van der Waals surface area contributed by atoms with Crippen LogP contribution in [-0.2, 0) is 4.74 Å². The zero-order valence-electron chi connectivity index (χ0n) is 17.2. The maximum atomic E-state index is 14.4. The van der Waals surface area contributed by atoms with Crippen LogP contribution in [0, 0.1) is 11.6 Å². The third kappa shape index (κ3) is 4.05. The van der Waals surface area contributed by atoms with Crippen molar-refractivity contribution >= 4 is 22.6 Å². The monoisotopic (exact) mass is 414 g/mol. The molecular formula is C22H24F2N4O2. The number of fused-ring (bicyclic) bond motifs is 1. The molecular weight excluding hydrogens is 390 g/mol. The van der Waals surface area contributed by atoms with Crippen molar-refractivity contribution in [2.45, 2.75) is 45.3 Å². The van der Waals surface area contributed by atoms with Crippen molar-refractivity contribution in [2.24, 2.45) is 0 Å². The standard InChI is InChI=1S/C22H24F2N4O2/c1-22(2,3)30-12-19(29)13-9-16-20(25-11-13)26-27-21(16)28-8-4-5-18(28)15-10-14(23)6-7-17(15)24/h6-7,9-11,18H,4-5,8,12H2,1-3H3,(H,25,26,27)/t18-/m1/s1. The Labute approximate surface area is 173 Å². The first-order chi connectivity index (χ1) is 14.2. The Kier molecular flexibility index (Phi) is 5.27. The van der Waals surface area contributed by atoms with Crippen LogP contribution in [-0.4, -0.2) is 39.7 Å². The molecule has 2 aromatic heterocycles. The Balaban J connectivity index is 1.67. The highest BCUT2D eigenvalue weighted by Crippen LogP contribution is 2.39. The number of ketones is 1. The molecule has 3 heterocycles. The number of nitrogens with one attached hydrogen (secondary N) is 1. The van der Waals surface area contributed by atoms with Crippen LogP contribution in [0.5, 0.6) is 0 Å². The minimum Gasteiger partial charge on any atom is -0.368 e. The molecule has 1 aromatic carbocycles. The second kappa shape index (κ2) is 7.75. The van der Waals surface area contributed by atoms with Crippen LogP contribution < -0.4 is 4.90 Å². The summed E-state index contributed by atoms with van der Waals surface area (Å²) in [6, 6.07) is 4.90. The lowest BCUT2D eigenvalue weighted by Gasteiger charge is -2.25. The number of ether oxygens (including phenoxy) is 1. The lowest BCUT2D eigenvalue weighted by Crippen LogP contribution is -2.24. The highest BCUT2D eigenvalue weighted by atomic mass is 19.1. The number of pyridine rings is 1. The zero-order chi connectivity index (χ0) is 21.5. The van der Waals surface area contributed by atoms with E-state index in [9.17, 15) is 13.6 Å². The van der Waals surface area contributed by atoms with Crippen molar-refractivity contribution in [1.29, 1.82) is 0 Å². The van der Waals surface area contributed by atoms with Crippen molar-refractivity contribution in [2.75, 3.05) is 18.1 Å². The first kappa shape index (κ1) is 20.4. The lowest BCUT2D eigenvalue weighted by atomic mass is 10.0. The van der Waals surface area contributed by atoms with Gasteiger partial charge in [-0.2, -0.15) is 5.10 Å². The molecule has 1 atom stereocenters. The number of nitrogens with zero attached hydrogens (tertiary/aromatic N) is 3. The molecule has 0 aliphatic carbocycles. The summed E-state index contributed by atoms with van der Waals surface area (Å²) in [7, 11) is 0.